The van der Waals surface area contributed by atoms with Crippen molar-refractivity contribution in [2.24, 2.45) is 0 Å². The maximum Gasteiger partial charge on any atom is 0.408 e. The largest absolute Gasteiger partial charge is 0.469 e. The fourth-order valence-corrected chi connectivity index (χ4v) is 3.11. The number of rotatable bonds is 28. The van der Waals surface area contributed by atoms with Crippen LogP contribution in [0.3, 0.4) is 0 Å². The van der Waals surface area contributed by atoms with Crippen LogP contribution in [0.4, 0.5) is 14.4 Å². The first kappa shape index (κ1) is 147. The minimum Gasteiger partial charge on any atom is -0.469 e. The quantitative estimate of drug-likeness (QED) is 0.0164. The van der Waals surface area contributed by atoms with Crippen LogP contribution in [0.1, 0.15) is 231 Å². The predicted molar refractivity (Wildman–Crippen MR) is 413 cm³/mol. The summed E-state index contributed by atoms with van der Waals surface area (Å²) in [5.74, 6) is -1.48. The molecule has 3 amide bonds. The molecule has 0 aromatic heterocycles. The summed E-state index contributed by atoms with van der Waals surface area (Å²) in [6, 6.07) is 0. The van der Waals surface area contributed by atoms with Crippen LogP contribution in [0.5, 0.6) is 0 Å². The Balaban J connectivity index is -0.0000000348. The van der Waals surface area contributed by atoms with Crippen LogP contribution in [0.25, 0.3) is 0 Å². The summed E-state index contributed by atoms with van der Waals surface area (Å²) in [6.07, 6.45) is 16.4. The van der Waals surface area contributed by atoms with Crippen molar-refractivity contribution in [3.63, 3.8) is 0 Å². The molecule has 0 saturated heterocycles. The summed E-state index contributed by atoms with van der Waals surface area (Å²) in [6.45, 7) is 43.2. The average Bonchev–Trinajstić information content (AvgIpc) is 3.54. The maximum absolute atomic E-state index is 10.4. The highest BCUT2D eigenvalue weighted by Crippen LogP contribution is 1.93. The SMILES string of the molecule is C.C.C.C.C=C(C)C(=O)OC.C=CC(=O)OC.CCC.CCC.CCCCCOC.CCCCCOC.CCCCOC.CCCCOC.CCCOC.CCCOC.CCOC.CCOC.COC.COC(=O)CC(C)=O.COC(=O)NCC(C)=O.COC(=O)NCNC(=O)OC.[3HH]. The number of methoxy groups -OCH3 is 15. The molecule has 0 aliphatic heterocycles. The fourth-order valence-electron chi connectivity index (χ4n) is 3.11. The van der Waals surface area contributed by atoms with Gasteiger partial charge in [-0.3, -0.25) is 14.4 Å². The second-order valence-corrected chi connectivity index (χ2v) is 17.6. The van der Waals surface area contributed by atoms with Gasteiger partial charge in [-0.05, 0) is 73.1 Å². The third kappa shape index (κ3) is 321. The van der Waals surface area contributed by atoms with Gasteiger partial charge in [-0.25, -0.2) is 24.0 Å². The normalized spacial score (nSPS) is 7.79. The van der Waals surface area contributed by atoms with Crippen molar-refractivity contribution in [1.82, 2.24) is 16.0 Å². The van der Waals surface area contributed by atoms with E-state index in [1.807, 2.05) is 13.8 Å². The number of Topliss-reactive ketones (excluding diaryl/α,β-unsaturated/α-hetero) is 2. The number of ether oxygens (including phenoxy) is 15. The molecule has 0 bridgehead atoms. The number of carbonyl (C=O) groups is 8. The number of ketones is 2. The molecule has 0 rings (SSSR count). The number of carbonyl (C=O) groups excluding carboxylic acids is 8. The Labute approximate surface area is 607 Å². The third-order valence-electron chi connectivity index (χ3n) is 7.73. The van der Waals surface area contributed by atoms with E-state index in [2.05, 4.69) is 141 Å². The van der Waals surface area contributed by atoms with Gasteiger partial charge in [0, 0.05) is 137 Å². The molecular formula is C72H169N3O23. The standard InChI is InChI=1S/2C6H14O.C5H10N2O4.C5H9NO3.C5H8O3.C5H8O2.2C5H12O.C4H6O2.2C4H10O.2C3H8O.2C3H8.C2H6O.4CH4.H2/c2*1-3-4-5-6-7-2;1-10-4(8)6-3-7-5(9)11-2;1-4(7)3-6-5(8)9-2;1-4(6)3-5(7)8-2;1-4(2)5(6)7-3;2*1-3-4-5-6-2;1-3-4(5)6-2;2*1-3-4-5-2;2*1-3-4-2;3*1-3-2;;;;;/h2*3-6H2,1-2H3;3H2,1-2H3,(H,6,8)(H,7,9);3H2,1-2H3,(H,6,8);3H2,1-2H3;1H2,2-3H3;2*3-5H2,1-2H3;3H,1H2,2H3;2*3-4H2,1-2H3;2*3H2,1-2H3;2*3H2,1-2H3;1-2H3;4*1H4;1H/i;;;;;;;;;;;;;;;;;;;;1+2. The Bertz CT molecular complexity index is 1320. The molecule has 26 nitrogen and oxygen atoms in total. The lowest BCUT2D eigenvalue weighted by Gasteiger charge is -2.03. The number of esters is 3. The summed E-state index contributed by atoms with van der Waals surface area (Å²) < 4.78 is 67.2. The molecule has 0 saturated carbocycles. The zero-order valence-electron chi connectivity index (χ0n) is 66.1. The van der Waals surface area contributed by atoms with E-state index in [9.17, 15) is 38.4 Å². The predicted octanol–water partition coefficient (Wildman–Crippen LogP) is 16.6. The van der Waals surface area contributed by atoms with Gasteiger partial charge in [0.05, 0.1) is 55.9 Å². The molecule has 3 N–H and O–H groups in total. The molecular weight excluding hydrogens is 1270 g/mol. The Morgan fingerprint density at radius 3 is 0.735 bits per heavy atom. The molecule has 0 radical (unpaired) electrons. The van der Waals surface area contributed by atoms with Crippen molar-refractivity contribution >= 4 is 47.8 Å². The monoisotopic (exact) mass is 1450 g/mol. The van der Waals surface area contributed by atoms with Crippen molar-refractivity contribution in [3.05, 3.63) is 24.8 Å². The van der Waals surface area contributed by atoms with Crippen molar-refractivity contribution in [2.45, 2.75) is 230 Å². The molecule has 26 heteroatoms. The molecule has 0 aliphatic rings. The van der Waals surface area contributed by atoms with E-state index in [1.165, 1.54) is 134 Å². The zero-order chi connectivity index (χ0) is 77.3. The van der Waals surface area contributed by atoms with E-state index in [0.29, 0.717) is 5.57 Å². The summed E-state index contributed by atoms with van der Waals surface area (Å²) in [5.41, 5.74) is 0.433. The van der Waals surface area contributed by atoms with Crippen LogP contribution in [-0.2, 0) is 95.0 Å². The number of nitrogens with one attached hydrogen (secondary N) is 3. The minimum absolute atomic E-state index is 0. The van der Waals surface area contributed by atoms with Gasteiger partial charge in [0.2, 0.25) is 0 Å². The minimum atomic E-state index is -0.610. The first-order chi connectivity index (χ1) is 44.6. The average molecular weight is 1450 g/mol. The lowest BCUT2D eigenvalue weighted by molar-refractivity contribution is -0.143. The van der Waals surface area contributed by atoms with Crippen molar-refractivity contribution in [1.29, 1.82) is 0 Å². The highest BCUT2D eigenvalue weighted by molar-refractivity contribution is 5.94. The van der Waals surface area contributed by atoms with Crippen LogP contribution >= 0.6 is 0 Å². The zero-order valence-corrected chi connectivity index (χ0v) is 66.1. The fraction of sp³-hybridized carbons (Fsp3) is 0.833. The molecule has 0 fully saturated rings. The highest BCUT2D eigenvalue weighted by Gasteiger charge is 2.02. The van der Waals surface area contributed by atoms with Crippen LogP contribution in [-0.4, -0.2) is 228 Å². The second kappa shape index (κ2) is 175. The number of amides is 3. The van der Waals surface area contributed by atoms with Crippen LogP contribution in [0, 0.1) is 0 Å². The van der Waals surface area contributed by atoms with Crippen LogP contribution in [0.15, 0.2) is 24.8 Å². The summed E-state index contributed by atoms with van der Waals surface area (Å²) in [4.78, 5) is 81.5. The van der Waals surface area contributed by atoms with Gasteiger partial charge in [0.1, 0.15) is 18.0 Å². The second-order valence-electron chi connectivity index (χ2n) is 17.6. The first-order valence-corrected chi connectivity index (χ1v) is 31.9. The van der Waals surface area contributed by atoms with E-state index in [0.717, 1.165) is 71.8 Å². The summed E-state index contributed by atoms with van der Waals surface area (Å²) in [5, 5.41) is 6.67. The molecule has 0 spiro atoms. The smallest absolute Gasteiger partial charge is 0.408 e. The van der Waals surface area contributed by atoms with Gasteiger partial charge in [-0.15, -0.1) is 0 Å². The van der Waals surface area contributed by atoms with Gasteiger partial charge < -0.3 is 87.0 Å². The lowest BCUT2D eigenvalue weighted by Crippen LogP contribution is -2.36. The molecule has 0 aromatic carbocycles. The Morgan fingerprint density at radius 1 is 0.357 bits per heavy atom. The van der Waals surface area contributed by atoms with Crippen LogP contribution in [0.2, 0.25) is 0 Å². The van der Waals surface area contributed by atoms with Crippen molar-refractivity contribution in [3.8, 4) is 0 Å². The van der Waals surface area contributed by atoms with E-state index >= 15 is 0 Å². The Morgan fingerprint density at radius 2 is 0.622 bits per heavy atom. The molecule has 98 heavy (non-hydrogen) atoms. The molecule has 0 atom stereocenters. The molecule has 0 unspecified atom stereocenters. The van der Waals surface area contributed by atoms with Crippen LogP contribution < -0.4 is 16.0 Å². The summed E-state index contributed by atoms with van der Waals surface area (Å²) in [7, 11) is 24.6. The van der Waals surface area contributed by atoms with E-state index in [4.69, 9.17) is 28.4 Å². The number of hydrogen-bond acceptors (Lipinski definition) is 23. The van der Waals surface area contributed by atoms with Gasteiger partial charge >= 0.3 is 36.2 Å². The highest BCUT2D eigenvalue weighted by atomic mass is 16.6. The maximum atomic E-state index is 10.4. The Kier molecular flexibility index (Phi) is 263. The number of unbranched alkanes of at least 4 members (excludes halogenated alkanes) is 6. The first-order valence-electron chi connectivity index (χ1n) is 31.9. The Hall–Kier alpha value is -5.32. The topological polar surface area (TPSA) is 311 Å². The van der Waals surface area contributed by atoms with Gasteiger partial charge in [-0.1, -0.05) is 163 Å². The molecule has 0 aliphatic carbocycles. The lowest BCUT2D eigenvalue weighted by atomic mass is 10.3. The molecule has 0 heterocycles. The number of hydrogen-bond donors (Lipinski definition) is 3. The van der Waals surface area contributed by atoms with Gasteiger partial charge in [0.15, 0.2) is 0 Å². The van der Waals surface area contributed by atoms with Gasteiger partial charge in [-0.2, -0.15) is 0 Å². The van der Waals surface area contributed by atoms with E-state index < -0.39 is 30.2 Å². The number of alkyl carbamates (subject to hydrolysis) is 3. The molecule has 610 valence electrons. The van der Waals surface area contributed by atoms with E-state index in [1.54, 1.807) is 78.0 Å². The summed E-state index contributed by atoms with van der Waals surface area (Å²) >= 11 is 0. The van der Waals surface area contributed by atoms with Crippen molar-refractivity contribution < 1.29 is 111 Å². The van der Waals surface area contributed by atoms with E-state index in [-0.39, 0.29) is 68.3 Å². The third-order valence-corrected chi connectivity index (χ3v) is 7.73. The van der Waals surface area contributed by atoms with Gasteiger partial charge in [0.25, 0.3) is 0 Å². The molecule has 0 aromatic rings. The van der Waals surface area contributed by atoms with Crippen molar-refractivity contribution in [2.75, 3.05) is 180 Å².